The Kier molecular flexibility index (Phi) is 4.03. The molecule has 1 aromatic heterocycles. The summed E-state index contributed by atoms with van der Waals surface area (Å²) in [4.78, 5) is 0. The van der Waals surface area contributed by atoms with E-state index in [-0.39, 0.29) is 0 Å². The van der Waals surface area contributed by atoms with E-state index in [1.54, 1.807) is 0 Å². The van der Waals surface area contributed by atoms with Gasteiger partial charge in [-0.3, -0.25) is 0 Å². The van der Waals surface area contributed by atoms with Crippen molar-refractivity contribution in [2.75, 3.05) is 6.54 Å². The van der Waals surface area contributed by atoms with Gasteiger partial charge in [0, 0.05) is 25.5 Å². The molecule has 0 fully saturated rings. The van der Waals surface area contributed by atoms with Crippen molar-refractivity contribution in [3.8, 4) is 0 Å². The lowest BCUT2D eigenvalue weighted by Crippen LogP contribution is -2.23. The highest BCUT2D eigenvalue weighted by Gasteiger charge is 1.95. The first-order valence-electron chi connectivity index (χ1n) is 5.02. The van der Waals surface area contributed by atoms with E-state index in [0.29, 0.717) is 6.04 Å². The Hall–Kier alpha value is -0.760. The fourth-order valence-electron chi connectivity index (χ4n) is 1.39. The fourth-order valence-corrected chi connectivity index (χ4v) is 1.39. The van der Waals surface area contributed by atoms with Gasteiger partial charge in [0.15, 0.2) is 0 Å². The third-order valence-electron chi connectivity index (χ3n) is 2.09. The van der Waals surface area contributed by atoms with Crippen molar-refractivity contribution in [2.45, 2.75) is 32.7 Å². The maximum absolute atomic E-state index is 3.42. The minimum atomic E-state index is 0.607. The average molecular weight is 180 g/mol. The molecule has 2 nitrogen and oxygen atoms in total. The number of nitrogens with zero attached hydrogens (tertiary/aromatic N) is 1. The predicted octanol–water partition coefficient (Wildman–Crippen LogP) is 1.96. The smallest absolute Gasteiger partial charge is 0.0106 e. The first-order valence-corrected chi connectivity index (χ1v) is 5.02. The number of rotatable bonds is 5. The van der Waals surface area contributed by atoms with Gasteiger partial charge in [0.2, 0.25) is 0 Å². The van der Waals surface area contributed by atoms with E-state index in [9.17, 15) is 0 Å². The fraction of sp³-hybridized carbons (Fsp3) is 0.636. The lowest BCUT2D eigenvalue weighted by molar-refractivity contribution is 0.570. The molecule has 0 atom stereocenters. The molecule has 0 saturated heterocycles. The van der Waals surface area contributed by atoms with Crippen molar-refractivity contribution in [2.24, 2.45) is 7.05 Å². The van der Waals surface area contributed by atoms with E-state index in [4.69, 9.17) is 0 Å². The maximum Gasteiger partial charge on any atom is 0.0106 e. The molecule has 0 bridgehead atoms. The van der Waals surface area contributed by atoms with Crippen LogP contribution >= 0.6 is 0 Å². The Morgan fingerprint density at radius 3 is 2.77 bits per heavy atom. The minimum Gasteiger partial charge on any atom is -0.357 e. The summed E-state index contributed by atoms with van der Waals surface area (Å²) in [5.74, 6) is 0. The number of aryl methyl sites for hydroxylation is 2. The molecule has 1 aromatic rings. The van der Waals surface area contributed by atoms with Gasteiger partial charge in [0.25, 0.3) is 0 Å². The zero-order valence-corrected chi connectivity index (χ0v) is 8.88. The first kappa shape index (κ1) is 10.3. The van der Waals surface area contributed by atoms with Gasteiger partial charge in [0.05, 0.1) is 0 Å². The molecule has 0 amide bonds. The van der Waals surface area contributed by atoms with Crippen LogP contribution in [0.15, 0.2) is 18.5 Å². The van der Waals surface area contributed by atoms with E-state index in [1.165, 1.54) is 18.4 Å². The Morgan fingerprint density at radius 2 is 2.23 bits per heavy atom. The van der Waals surface area contributed by atoms with Crippen LogP contribution in [-0.2, 0) is 13.5 Å². The Balaban J connectivity index is 2.13. The van der Waals surface area contributed by atoms with Crippen molar-refractivity contribution in [3.63, 3.8) is 0 Å². The second-order valence-corrected chi connectivity index (χ2v) is 3.90. The monoisotopic (exact) mass is 180 g/mol. The molecule has 0 radical (unpaired) electrons. The lowest BCUT2D eigenvalue weighted by atomic mass is 10.2. The van der Waals surface area contributed by atoms with Crippen LogP contribution in [0.25, 0.3) is 0 Å². The third-order valence-corrected chi connectivity index (χ3v) is 2.09. The summed E-state index contributed by atoms with van der Waals surface area (Å²) < 4.78 is 2.10. The summed E-state index contributed by atoms with van der Waals surface area (Å²) in [6.07, 6.45) is 6.70. The lowest BCUT2D eigenvalue weighted by Gasteiger charge is -2.06. The highest BCUT2D eigenvalue weighted by Crippen LogP contribution is 2.02. The molecule has 0 spiro atoms. The van der Waals surface area contributed by atoms with Crippen molar-refractivity contribution in [1.29, 1.82) is 0 Å². The number of hydrogen-bond acceptors (Lipinski definition) is 1. The summed E-state index contributed by atoms with van der Waals surface area (Å²) in [6, 6.07) is 2.80. The molecule has 1 heterocycles. The summed E-state index contributed by atoms with van der Waals surface area (Å²) in [6.45, 7) is 5.48. The molecule has 0 unspecified atom stereocenters. The van der Waals surface area contributed by atoms with Crippen LogP contribution in [0.5, 0.6) is 0 Å². The van der Waals surface area contributed by atoms with Crippen LogP contribution in [0.4, 0.5) is 0 Å². The molecule has 0 aliphatic carbocycles. The second kappa shape index (κ2) is 5.07. The normalized spacial score (nSPS) is 11.1. The standard InChI is InChI=1S/C11H20N2/c1-10(2)12-7-4-5-11-6-8-13(3)9-11/h6,8-10,12H,4-5,7H2,1-3H3. The molecule has 13 heavy (non-hydrogen) atoms. The van der Waals surface area contributed by atoms with E-state index in [1.807, 2.05) is 0 Å². The van der Waals surface area contributed by atoms with Crippen molar-refractivity contribution in [1.82, 2.24) is 9.88 Å². The zero-order valence-electron chi connectivity index (χ0n) is 8.88. The highest BCUT2D eigenvalue weighted by molar-refractivity contribution is 5.09. The number of hydrogen-bond donors (Lipinski definition) is 1. The Labute approximate surface area is 81.0 Å². The maximum atomic E-state index is 3.42. The zero-order chi connectivity index (χ0) is 9.68. The van der Waals surface area contributed by atoms with Crippen LogP contribution in [0.2, 0.25) is 0 Å². The SMILES string of the molecule is CC(C)NCCCc1ccn(C)c1. The average Bonchev–Trinajstić information content (AvgIpc) is 2.45. The van der Waals surface area contributed by atoms with E-state index in [2.05, 4.69) is 49.2 Å². The van der Waals surface area contributed by atoms with Crippen LogP contribution < -0.4 is 5.32 Å². The molecule has 1 rings (SSSR count). The summed E-state index contributed by atoms with van der Waals surface area (Å²) in [5, 5.41) is 3.42. The molecule has 1 N–H and O–H groups in total. The van der Waals surface area contributed by atoms with Gasteiger partial charge in [-0.25, -0.2) is 0 Å². The van der Waals surface area contributed by atoms with Gasteiger partial charge in [-0.05, 0) is 31.0 Å². The molecular formula is C11H20N2. The van der Waals surface area contributed by atoms with Crippen LogP contribution in [0, 0.1) is 0 Å². The summed E-state index contributed by atoms with van der Waals surface area (Å²) >= 11 is 0. The van der Waals surface area contributed by atoms with Crippen LogP contribution in [0.3, 0.4) is 0 Å². The summed E-state index contributed by atoms with van der Waals surface area (Å²) in [5.41, 5.74) is 1.44. The molecule has 74 valence electrons. The minimum absolute atomic E-state index is 0.607. The molecule has 0 aliphatic heterocycles. The van der Waals surface area contributed by atoms with Gasteiger partial charge in [0.1, 0.15) is 0 Å². The van der Waals surface area contributed by atoms with Crippen molar-refractivity contribution >= 4 is 0 Å². The molecule has 0 aromatic carbocycles. The molecule has 0 aliphatic rings. The van der Waals surface area contributed by atoms with Crippen molar-refractivity contribution < 1.29 is 0 Å². The van der Waals surface area contributed by atoms with E-state index >= 15 is 0 Å². The largest absolute Gasteiger partial charge is 0.357 e. The Bertz CT molecular complexity index is 238. The number of aromatic nitrogens is 1. The van der Waals surface area contributed by atoms with E-state index < -0.39 is 0 Å². The third kappa shape index (κ3) is 4.13. The highest BCUT2D eigenvalue weighted by atomic mass is 14.9. The second-order valence-electron chi connectivity index (χ2n) is 3.90. The molecule has 2 heteroatoms. The Morgan fingerprint density at radius 1 is 1.46 bits per heavy atom. The molecular weight excluding hydrogens is 160 g/mol. The predicted molar refractivity (Wildman–Crippen MR) is 56.9 cm³/mol. The van der Waals surface area contributed by atoms with Crippen molar-refractivity contribution in [3.05, 3.63) is 24.0 Å². The quantitative estimate of drug-likeness (QED) is 0.685. The van der Waals surface area contributed by atoms with Crippen LogP contribution in [0.1, 0.15) is 25.8 Å². The van der Waals surface area contributed by atoms with E-state index in [0.717, 1.165) is 6.54 Å². The number of nitrogens with one attached hydrogen (secondary N) is 1. The van der Waals surface area contributed by atoms with Gasteiger partial charge in [-0.15, -0.1) is 0 Å². The topological polar surface area (TPSA) is 17.0 Å². The van der Waals surface area contributed by atoms with Gasteiger partial charge < -0.3 is 9.88 Å². The molecule has 0 saturated carbocycles. The summed E-state index contributed by atoms with van der Waals surface area (Å²) in [7, 11) is 2.07. The van der Waals surface area contributed by atoms with Crippen LogP contribution in [-0.4, -0.2) is 17.2 Å². The van der Waals surface area contributed by atoms with Gasteiger partial charge in [-0.2, -0.15) is 0 Å². The first-order chi connectivity index (χ1) is 6.18. The van der Waals surface area contributed by atoms with Gasteiger partial charge in [-0.1, -0.05) is 13.8 Å². The van der Waals surface area contributed by atoms with Gasteiger partial charge >= 0.3 is 0 Å².